The molecule has 0 nitrogen and oxygen atoms in total. The summed E-state index contributed by atoms with van der Waals surface area (Å²) in [6, 6.07) is 0. The molecule has 0 saturated heterocycles. The maximum atomic E-state index is 5.14. The molecule has 0 atom stereocenters. The molecule has 0 spiro atoms. The van der Waals surface area contributed by atoms with Crippen LogP contribution in [0.4, 0.5) is 0 Å². The number of hydrogen-bond donors (Lipinski definition) is 0. The van der Waals surface area contributed by atoms with Gasteiger partial charge in [-0.15, -0.1) is 12.3 Å². The molecular formula is C12H16. The number of hydrogen-bond acceptors (Lipinski definition) is 0. The summed E-state index contributed by atoms with van der Waals surface area (Å²) in [5, 5.41) is 0. The molecule has 0 aromatic carbocycles. The minimum Gasteiger partial charge on any atom is -0.120 e. The third kappa shape index (κ3) is 5.56. The van der Waals surface area contributed by atoms with Crippen LogP contribution >= 0.6 is 0 Å². The number of allylic oxidation sites excluding steroid dienone is 4. The third-order valence-corrected chi connectivity index (χ3v) is 1.63. The van der Waals surface area contributed by atoms with Crippen molar-refractivity contribution in [3.63, 3.8) is 0 Å². The molecular weight excluding hydrogens is 144 g/mol. The molecule has 64 valence electrons. The zero-order valence-corrected chi connectivity index (χ0v) is 7.55. The summed E-state index contributed by atoms with van der Waals surface area (Å²) in [5.41, 5.74) is 1.24. The van der Waals surface area contributed by atoms with Crippen LogP contribution in [0.25, 0.3) is 0 Å². The van der Waals surface area contributed by atoms with E-state index < -0.39 is 0 Å². The Hall–Kier alpha value is -1.22. The van der Waals surface area contributed by atoms with Gasteiger partial charge in [0.05, 0.1) is 0 Å². The first-order valence-corrected chi connectivity index (χ1v) is 4.22. The van der Waals surface area contributed by atoms with Gasteiger partial charge in [-0.1, -0.05) is 31.4 Å². The zero-order chi connectivity index (χ0) is 9.23. The van der Waals surface area contributed by atoms with E-state index in [2.05, 4.69) is 19.1 Å². The van der Waals surface area contributed by atoms with Gasteiger partial charge in [0.15, 0.2) is 0 Å². The Bertz CT molecular complexity index is 201. The summed E-state index contributed by atoms with van der Waals surface area (Å²) in [7, 11) is 0. The van der Waals surface area contributed by atoms with Crippen molar-refractivity contribution in [2.45, 2.75) is 25.7 Å². The van der Waals surface area contributed by atoms with Gasteiger partial charge in [0.2, 0.25) is 0 Å². The van der Waals surface area contributed by atoms with E-state index in [-0.39, 0.29) is 0 Å². The van der Waals surface area contributed by atoms with Gasteiger partial charge >= 0.3 is 0 Å². The molecule has 0 aromatic rings. The smallest absolute Gasteiger partial charge is 0.00861 e. The Morgan fingerprint density at radius 3 is 2.58 bits per heavy atom. The molecule has 0 rings (SSSR count). The van der Waals surface area contributed by atoms with E-state index in [1.807, 2.05) is 12.2 Å². The first kappa shape index (κ1) is 10.8. The monoisotopic (exact) mass is 160 g/mol. The van der Waals surface area contributed by atoms with E-state index in [1.54, 1.807) is 6.08 Å². The molecule has 0 saturated carbocycles. The van der Waals surface area contributed by atoms with Crippen LogP contribution in [0.15, 0.2) is 37.0 Å². The quantitative estimate of drug-likeness (QED) is 0.317. The lowest BCUT2D eigenvalue weighted by Crippen LogP contribution is -1.79. The highest BCUT2D eigenvalue weighted by Crippen LogP contribution is 2.09. The van der Waals surface area contributed by atoms with Crippen LogP contribution in [0.3, 0.4) is 0 Å². The molecule has 0 aromatic heterocycles. The van der Waals surface area contributed by atoms with Gasteiger partial charge < -0.3 is 0 Å². The summed E-state index contributed by atoms with van der Waals surface area (Å²) in [5.74, 6) is 2.63. The topological polar surface area (TPSA) is 0 Å². The molecule has 0 bridgehead atoms. The summed E-state index contributed by atoms with van der Waals surface area (Å²) in [6.07, 6.45) is 14.9. The second-order valence-electron chi connectivity index (χ2n) is 2.59. The Labute approximate surface area is 75.7 Å². The van der Waals surface area contributed by atoms with Crippen molar-refractivity contribution in [2.24, 2.45) is 0 Å². The highest BCUT2D eigenvalue weighted by Gasteiger charge is 1.90. The van der Waals surface area contributed by atoms with Crippen LogP contribution in [0.2, 0.25) is 0 Å². The average molecular weight is 160 g/mol. The van der Waals surface area contributed by atoms with Gasteiger partial charge in [0.25, 0.3) is 0 Å². The van der Waals surface area contributed by atoms with E-state index in [9.17, 15) is 0 Å². The van der Waals surface area contributed by atoms with Gasteiger partial charge in [-0.2, -0.15) is 0 Å². The number of unbranched alkanes of at least 4 members (excludes halogenated alkanes) is 2. The highest BCUT2D eigenvalue weighted by molar-refractivity contribution is 5.20. The normalized spacial score (nSPS) is 10.4. The van der Waals surface area contributed by atoms with Crippen LogP contribution in [-0.2, 0) is 0 Å². The molecule has 0 radical (unpaired) electrons. The number of terminal acetylenes is 1. The highest BCUT2D eigenvalue weighted by atomic mass is 14.0. The van der Waals surface area contributed by atoms with E-state index in [4.69, 9.17) is 6.42 Å². The first-order chi connectivity index (χ1) is 5.85. The summed E-state index contributed by atoms with van der Waals surface area (Å²) >= 11 is 0. The zero-order valence-electron chi connectivity index (χ0n) is 7.55. The van der Waals surface area contributed by atoms with Crippen molar-refractivity contribution < 1.29 is 0 Å². The number of rotatable bonds is 6. The van der Waals surface area contributed by atoms with Gasteiger partial charge in [0, 0.05) is 6.42 Å². The molecule has 0 heteroatoms. The SMILES string of the molecule is C#CCCCC/C(C=C)=C/C=C. The average Bonchev–Trinajstić information content (AvgIpc) is 2.10. The lowest BCUT2D eigenvalue weighted by Gasteiger charge is -1.98. The van der Waals surface area contributed by atoms with Crippen LogP contribution in [0, 0.1) is 12.3 Å². The second-order valence-corrected chi connectivity index (χ2v) is 2.59. The summed E-state index contributed by atoms with van der Waals surface area (Å²) in [6.45, 7) is 7.36. The van der Waals surface area contributed by atoms with E-state index in [0.29, 0.717) is 0 Å². The minimum atomic E-state index is 0.874. The van der Waals surface area contributed by atoms with Crippen molar-refractivity contribution in [3.8, 4) is 12.3 Å². The maximum absolute atomic E-state index is 5.14. The molecule has 0 aliphatic carbocycles. The fourth-order valence-corrected chi connectivity index (χ4v) is 0.961. The maximum Gasteiger partial charge on any atom is 0.00861 e. The second kappa shape index (κ2) is 7.88. The Morgan fingerprint density at radius 2 is 2.08 bits per heavy atom. The third-order valence-electron chi connectivity index (χ3n) is 1.63. The molecule has 0 aliphatic heterocycles. The van der Waals surface area contributed by atoms with Crippen LogP contribution in [0.5, 0.6) is 0 Å². The van der Waals surface area contributed by atoms with E-state index in [1.165, 1.54) is 5.57 Å². The molecule has 0 fully saturated rings. The standard InChI is InChI=1S/C12H16/c1-4-7-8-9-11-12(6-3)10-5-2/h1,5-6,10H,2-3,7-9,11H2/b12-10+. The molecule has 0 amide bonds. The lowest BCUT2D eigenvalue weighted by molar-refractivity contribution is 0.759. The lowest BCUT2D eigenvalue weighted by atomic mass is 10.1. The Balaban J connectivity index is 3.60. The summed E-state index contributed by atoms with van der Waals surface area (Å²) < 4.78 is 0. The van der Waals surface area contributed by atoms with E-state index >= 15 is 0 Å². The Morgan fingerprint density at radius 1 is 1.33 bits per heavy atom. The fraction of sp³-hybridized carbons (Fsp3) is 0.333. The van der Waals surface area contributed by atoms with Gasteiger partial charge in [0.1, 0.15) is 0 Å². The molecule has 0 N–H and O–H groups in total. The predicted molar refractivity (Wildman–Crippen MR) is 55.8 cm³/mol. The van der Waals surface area contributed by atoms with Crippen molar-refractivity contribution in [3.05, 3.63) is 37.0 Å². The first-order valence-electron chi connectivity index (χ1n) is 4.22. The van der Waals surface area contributed by atoms with Crippen molar-refractivity contribution >= 4 is 0 Å². The van der Waals surface area contributed by atoms with Crippen LogP contribution < -0.4 is 0 Å². The molecule has 0 aliphatic rings. The fourth-order valence-electron chi connectivity index (χ4n) is 0.961. The van der Waals surface area contributed by atoms with Crippen molar-refractivity contribution in [1.29, 1.82) is 0 Å². The van der Waals surface area contributed by atoms with Crippen molar-refractivity contribution in [2.75, 3.05) is 0 Å². The van der Waals surface area contributed by atoms with E-state index in [0.717, 1.165) is 25.7 Å². The van der Waals surface area contributed by atoms with Crippen molar-refractivity contribution in [1.82, 2.24) is 0 Å². The Kier molecular flexibility index (Phi) is 7.08. The van der Waals surface area contributed by atoms with Gasteiger partial charge in [-0.3, -0.25) is 0 Å². The van der Waals surface area contributed by atoms with Gasteiger partial charge in [-0.25, -0.2) is 0 Å². The largest absolute Gasteiger partial charge is 0.120 e. The molecule has 12 heavy (non-hydrogen) atoms. The van der Waals surface area contributed by atoms with Crippen LogP contribution in [0.1, 0.15) is 25.7 Å². The van der Waals surface area contributed by atoms with Gasteiger partial charge in [-0.05, 0) is 24.8 Å². The molecule has 0 unspecified atom stereocenters. The predicted octanol–water partition coefficient (Wildman–Crippen LogP) is 3.48. The van der Waals surface area contributed by atoms with Crippen LogP contribution in [-0.4, -0.2) is 0 Å². The molecule has 0 heterocycles. The minimum absolute atomic E-state index is 0.874. The summed E-state index contributed by atoms with van der Waals surface area (Å²) in [4.78, 5) is 0.